The van der Waals surface area contributed by atoms with Crippen LogP contribution < -0.4 is 11.1 Å². The number of nitrogens with one attached hydrogen (secondary N) is 1. The van der Waals surface area contributed by atoms with Gasteiger partial charge in [0.2, 0.25) is 0 Å². The maximum Gasteiger partial charge on any atom is 0.148 e. The molecule has 3 heteroatoms. The summed E-state index contributed by atoms with van der Waals surface area (Å²) in [7, 11) is 0. The first-order chi connectivity index (χ1) is 8.27. The van der Waals surface area contributed by atoms with Gasteiger partial charge in [-0.1, -0.05) is 36.4 Å². The maximum absolute atomic E-state index is 13.2. The molecule has 0 fully saturated rings. The Bertz CT molecular complexity index is 483. The van der Waals surface area contributed by atoms with E-state index in [-0.39, 0.29) is 11.5 Å². The molecule has 3 N–H and O–H groups in total. The molecule has 0 bridgehead atoms. The predicted molar refractivity (Wildman–Crippen MR) is 69.4 cm³/mol. The third-order valence-corrected chi connectivity index (χ3v) is 2.62. The molecule has 0 heterocycles. The molecule has 2 nitrogen and oxygen atoms in total. The van der Waals surface area contributed by atoms with Gasteiger partial charge in [0.15, 0.2) is 0 Å². The van der Waals surface area contributed by atoms with Crippen molar-refractivity contribution in [3.63, 3.8) is 0 Å². The van der Waals surface area contributed by atoms with Crippen LogP contribution in [0.3, 0.4) is 0 Å². The molecule has 0 unspecified atom stereocenters. The molecule has 2 aromatic carbocycles. The molecular weight excluding hydrogens is 215 g/mol. The van der Waals surface area contributed by atoms with E-state index in [0.29, 0.717) is 5.69 Å². The van der Waals surface area contributed by atoms with Gasteiger partial charge in [0.1, 0.15) is 5.82 Å². The number of nitrogen functional groups attached to an aromatic ring is 1. The van der Waals surface area contributed by atoms with E-state index in [1.54, 1.807) is 12.1 Å². The minimum atomic E-state index is -0.380. The monoisotopic (exact) mass is 230 g/mol. The summed E-state index contributed by atoms with van der Waals surface area (Å²) >= 11 is 0. The van der Waals surface area contributed by atoms with Gasteiger partial charge in [-0.2, -0.15) is 0 Å². The third-order valence-electron chi connectivity index (χ3n) is 2.62. The van der Waals surface area contributed by atoms with Crippen molar-refractivity contribution in [2.45, 2.75) is 6.42 Å². The number of halogens is 1. The van der Waals surface area contributed by atoms with Crippen molar-refractivity contribution in [3.05, 3.63) is 59.9 Å². The molecule has 0 saturated heterocycles. The van der Waals surface area contributed by atoms with Crippen LogP contribution in [0.25, 0.3) is 0 Å². The lowest BCUT2D eigenvalue weighted by molar-refractivity contribution is 0.633. The lowest BCUT2D eigenvalue weighted by Crippen LogP contribution is -2.07. The van der Waals surface area contributed by atoms with Crippen LogP contribution in [0.4, 0.5) is 15.8 Å². The number of benzene rings is 2. The molecule has 0 saturated carbocycles. The van der Waals surface area contributed by atoms with E-state index in [0.717, 1.165) is 13.0 Å². The van der Waals surface area contributed by atoms with E-state index in [1.165, 1.54) is 11.6 Å². The molecule has 2 aromatic rings. The van der Waals surface area contributed by atoms with Crippen molar-refractivity contribution >= 4 is 11.4 Å². The lowest BCUT2D eigenvalue weighted by Gasteiger charge is -2.09. The summed E-state index contributed by atoms with van der Waals surface area (Å²) in [4.78, 5) is 0. The zero-order valence-electron chi connectivity index (χ0n) is 9.49. The maximum atomic E-state index is 13.2. The molecule has 0 aliphatic rings. The first-order valence-electron chi connectivity index (χ1n) is 5.59. The number of hydrogen-bond acceptors (Lipinski definition) is 2. The molecule has 0 spiro atoms. The predicted octanol–water partition coefficient (Wildman–Crippen LogP) is 3.06. The number of para-hydroxylation sites is 1. The van der Waals surface area contributed by atoms with Gasteiger partial charge in [0.05, 0.1) is 11.4 Å². The zero-order chi connectivity index (χ0) is 12.1. The summed E-state index contributed by atoms with van der Waals surface area (Å²) in [6, 6.07) is 14.9. The average molecular weight is 230 g/mol. The van der Waals surface area contributed by atoms with Crippen molar-refractivity contribution in [2.75, 3.05) is 17.6 Å². The van der Waals surface area contributed by atoms with Crippen LogP contribution in [0.15, 0.2) is 48.5 Å². The van der Waals surface area contributed by atoms with Gasteiger partial charge >= 0.3 is 0 Å². The minimum absolute atomic E-state index is 0.181. The lowest BCUT2D eigenvalue weighted by atomic mass is 10.1. The van der Waals surface area contributed by atoms with E-state index in [1.807, 2.05) is 18.2 Å². The first kappa shape index (κ1) is 11.5. The van der Waals surface area contributed by atoms with E-state index in [4.69, 9.17) is 5.73 Å². The van der Waals surface area contributed by atoms with Crippen LogP contribution in [0, 0.1) is 5.82 Å². The second kappa shape index (κ2) is 5.34. The van der Waals surface area contributed by atoms with Crippen LogP contribution >= 0.6 is 0 Å². The Morgan fingerprint density at radius 2 is 1.76 bits per heavy atom. The van der Waals surface area contributed by atoms with Gasteiger partial charge in [-0.3, -0.25) is 0 Å². The quantitative estimate of drug-likeness (QED) is 0.792. The fraction of sp³-hybridized carbons (Fsp3) is 0.143. The van der Waals surface area contributed by atoms with Crippen molar-refractivity contribution in [1.29, 1.82) is 0 Å². The van der Waals surface area contributed by atoms with Gasteiger partial charge in [-0.05, 0) is 24.1 Å². The fourth-order valence-electron chi connectivity index (χ4n) is 1.68. The Labute approximate surface area is 100 Å². The highest BCUT2D eigenvalue weighted by Crippen LogP contribution is 2.20. The van der Waals surface area contributed by atoms with Crippen LogP contribution in [-0.4, -0.2) is 6.54 Å². The molecule has 0 aromatic heterocycles. The van der Waals surface area contributed by atoms with Gasteiger partial charge in [-0.25, -0.2) is 4.39 Å². The van der Waals surface area contributed by atoms with E-state index >= 15 is 0 Å². The molecule has 17 heavy (non-hydrogen) atoms. The summed E-state index contributed by atoms with van der Waals surface area (Å²) in [5.41, 5.74) is 7.70. The minimum Gasteiger partial charge on any atom is -0.395 e. The number of hydrogen-bond donors (Lipinski definition) is 2. The van der Waals surface area contributed by atoms with E-state index in [9.17, 15) is 4.39 Å². The second-order valence-electron chi connectivity index (χ2n) is 3.86. The Balaban J connectivity index is 1.93. The number of anilines is 2. The summed E-state index contributed by atoms with van der Waals surface area (Å²) < 4.78 is 13.2. The summed E-state index contributed by atoms with van der Waals surface area (Å²) in [6.45, 7) is 0.734. The summed E-state index contributed by atoms with van der Waals surface area (Å²) in [5, 5.41) is 3.14. The van der Waals surface area contributed by atoms with E-state index in [2.05, 4.69) is 17.4 Å². The molecule has 0 aliphatic carbocycles. The van der Waals surface area contributed by atoms with Crippen LogP contribution in [0.2, 0.25) is 0 Å². The average Bonchev–Trinajstić information content (AvgIpc) is 2.36. The van der Waals surface area contributed by atoms with Crippen LogP contribution in [0.1, 0.15) is 5.56 Å². The largest absolute Gasteiger partial charge is 0.395 e. The van der Waals surface area contributed by atoms with Crippen molar-refractivity contribution in [3.8, 4) is 0 Å². The SMILES string of the molecule is Nc1c(F)cccc1NCCc1ccccc1. The zero-order valence-corrected chi connectivity index (χ0v) is 9.49. The third kappa shape index (κ3) is 2.97. The second-order valence-corrected chi connectivity index (χ2v) is 3.86. The Hall–Kier alpha value is -2.03. The van der Waals surface area contributed by atoms with Crippen molar-refractivity contribution < 1.29 is 4.39 Å². The molecule has 0 atom stereocenters. The molecule has 0 radical (unpaired) electrons. The number of nitrogens with two attached hydrogens (primary N) is 1. The van der Waals surface area contributed by atoms with Gasteiger partial charge in [0, 0.05) is 6.54 Å². The van der Waals surface area contributed by atoms with Crippen molar-refractivity contribution in [2.24, 2.45) is 0 Å². The van der Waals surface area contributed by atoms with Gasteiger partial charge in [-0.15, -0.1) is 0 Å². The summed E-state index contributed by atoms with van der Waals surface area (Å²) in [5.74, 6) is -0.380. The topological polar surface area (TPSA) is 38.0 Å². The molecule has 0 amide bonds. The Kier molecular flexibility index (Phi) is 3.60. The normalized spacial score (nSPS) is 10.2. The van der Waals surface area contributed by atoms with E-state index < -0.39 is 0 Å². The molecule has 88 valence electrons. The summed E-state index contributed by atoms with van der Waals surface area (Å²) in [6.07, 6.45) is 0.886. The highest BCUT2D eigenvalue weighted by molar-refractivity contribution is 5.66. The van der Waals surface area contributed by atoms with Gasteiger partial charge in [0.25, 0.3) is 0 Å². The number of rotatable bonds is 4. The fourth-order valence-corrected chi connectivity index (χ4v) is 1.68. The van der Waals surface area contributed by atoms with Crippen LogP contribution in [0.5, 0.6) is 0 Å². The van der Waals surface area contributed by atoms with Gasteiger partial charge < -0.3 is 11.1 Å². The highest BCUT2D eigenvalue weighted by Gasteiger charge is 2.02. The van der Waals surface area contributed by atoms with Crippen LogP contribution in [-0.2, 0) is 6.42 Å². The molecular formula is C14H15FN2. The standard InChI is InChI=1S/C14H15FN2/c15-12-7-4-8-13(14(12)16)17-10-9-11-5-2-1-3-6-11/h1-8,17H,9-10,16H2. The Morgan fingerprint density at radius 1 is 1.00 bits per heavy atom. The first-order valence-corrected chi connectivity index (χ1v) is 5.59. The highest BCUT2D eigenvalue weighted by atomic mass is 19.1. The molecule has 2 rings (SSSR count). The molecule has 0 aliphatic heterocycles. The smallest absolute Gasteiger partial charge is 0.148 e. The Morgan fingerprint density at radius 3 is 2.53 bits per heavy atom. The van der Waals surface area contributed by atoms with Crippen molar-refractivity contribution in [1.82, 2.24) is 0 Å².